The molecule has 2 aromatic carbocycles. The molecule has 2 atom stereocenters. The van der Waals surface area contributed by atoms with Crippen LogP contribution in [0, 0.1) is 0 Å². The zero-order valence-electron chi connectivity index (χ0n) is 15.1. The molecule has 0 radical (unpaired) electrons. The van der Waals surface area contributed by atoms with Crippen LogP contribution in [0.25, 0.3) is 0 Å². The van der Waals surface area contributed by atoms with Crippen LogP contribution < -0.4 is 5.32 Å². The number of alkyl halides is 3. The standard InChI is InChI=1S/C20H21F3N2O2/c1-13-11-25(12-14(2)27-13)19(26)17-8-3-4-9-18(17)24-16-7-5-6-15(10-16)20(21,22)23/h3-10,13-14,24H,11-12H2,1-2H3. The average Bonchev–Trinajstić information content (AvgIpc) is 2.60. The van der Waals surface area contributed by atoms with Crippen molar-refractivity contribution >= 4 is 17.3 Å². The molecule has 0 aliphatic carbocycles. The highest BCUT2D eigenvalue weighted by atomic mass is 19.4. The normalized spacial score (nSPS) is 20.4. The summed E-state index contributed by atoms with van der Waals surface area (Å²) in [5.74, 6) is -0.174. The fourth-order valence-electron chi connectivity index (χ4n) is 3.22. The monoisotopic (exact) mass is 378 g/mol. The van der Waals surface area contributed by atoms with Crippen molar-refractivity contribution in [2.24, 2.45) is 0 Å². The van der Waals surface area contributed by atoms with E-state index in [9.17, 15) is 18.0 Å². The maximum atomic E-state index is 13.0. The predicted octanol–water partition coefficient (Wildman–Crippen LogP) is 4.70. The largest absolute Gasteiger partial charge is 0.416 e. The number of nitrogens with one attached hydrogen (secondary N) is 1. The van der Waals surface area contributed by atoms with Gasteiger partial charge in [0, 0.05) is 18.8 Å². The van der Waals surface area contributed by atoms with Crippen LogP contribution in [-0.2, 0) is 10.9 Å². The third-order valence-electron chi connectivity index (χ3n) is 4.33. The van der Waals surface area contributed by atoms with E-state index in [1.165, 1.54) is 12.1 Å². The Kier molecular flexibility index (Phi) is 5.41. The first-order valence-electron chi connectivity index (χ1n) is 8.72. The average molecular weight is 378 g/mol. The fraction of sp³-hybridized carbons (Fsp3) is 0.350. The number of nitrogens with zero attached hydrogens (tertiary/aromatic N) is 1. The molecule has 0 bridgehead atoms. The van der Waals surface area contributed by atoms with E-state index in [4.69, 9.17) is 4.74 Å². The smallest absolute Gasteiger partial charge is 0.372 e. The van der Waals surface area contributed by atoms with Gasteiger partial charge in [-0.15, -0.1) is 0 Å². The second-order valence-electron chi connectivity index (χ2n) is 6.72. The Labute approximate surface area is 155 Å². The number of hydrogen-bond donors (Lipinski definition) is 1. The summed E-state index contributed by atoms with van der Waals surface area (Å²) in [6.45, 7) is 4.76. The maximum Gasteiger partial charge on any atom is 0.416 e. The molecule has 1 aliphatic heterocycles. The summed E-state index contributed by atoms with van der Waals surface area (Å²) >= 11 is 0. The number of benzene rings is 2. The van der Waals surface area contributed by atoms with Gasteiger partial charge in [0.2, 0.25) is 0 Å². The van der Waals surface area contributed by atoms with Crippen LogP contribution in [0.15, 0.2) is 48.5 Å². The van der Waals surface area contributed by atoms with Crippen LogP contribution in [0.1, 0.15) is 29.8 Å². The molecule has 4 nitrogen and oxygen atoms in total. The molecule has 3 rings (SSSR count). The summed E-state index contributed by atoms with van der Waals surface area (Å²) < 4.78 is 44.4. The zero-order valence-corrected chi connectivity index (χ0v) is 15.1. The molecule has 0 spiro atoms. The summed E-state index contributed by atoms with van der Waals surface area (Å²) in [4.78, 5) is 14.7. The molecule has 1 aliphatic rings. The minimum Gasteiger partial charge on any atom is -0.372 e. The lowest BCUT2D eigenvalue weighted by atomic mass is 10.1. The number of amides is 1. The van der Waals surface area contributed by atoms with E-state index in [2.05, 4.69) is 5.32 Å². The van der Waals surface area contributed by atoms with E-state index >= 15 is 0 Å². The van der Waals surface area contributed by atoms with Crippen molar-refractivity contribution in [3.05, 3.63) is 59.7 Å². The van der Waals surface area contributed by atoms with Gasteiger partial charge in [0.15, 0.2) is 0 Å². The molecular formula is C20H21F3N2O2. The predicted molar refractivity (Wildman–Crippen MR) is 97.1 cm³/mol. The van der Waals surface area contributed by atoms with E-state index < -0.39 is 11.7 Å². The third kappa shape index (κ3) is 4.60. The first-order chi connectivity index (χ1) is 12.7. The number of anilines is 2. The van der Waals surface area contributed by atoms with Gasteiger partial charge in [0.25, 0.3) is 5.91 Å². The summed E-state index contributed by atoms with van der Waals surface area (Å²) in [7, 11) is 0. The number of halogens is 3. The van der Waals surface area contributed by atoms with Gasteiger partial charge in [-0.2, -0.15) is 13.2 Å². The summed E-state index contributed by atoms with van der Waals surface area (Å²) in [6, 6.07) is 11.7. The Morgan fingerprint density at radius 2 is 1.74 bits per heavy atom. The van der Waals surface area contributed by atoms with Gasteiger partial charge in [-0.05, 0) is 44.2 Å². The van der Waals surface area contributed by atoms with Gasteiger partial charge in [0.1, 0.15) is 0 Å². The molecule has 1 fully saturated rings. The highest BCUT2D eigenvalue weighted by Crippen LogP contribution is 2.32. The third-order valence-corrected chi connectivity index (χ3v) is 4.33. The molecule has 144 valence electrons. The Hall–Kier alpha value is -2.54. The van der Waals surface area contributed by atoms with E-state index in [1.54, 1.807) is 29.2 Å². The first-order valence-corrected chi connectivity index (χ1v) is 8.72. The van der Waals surface area contributed by atoms with Gasteiger partial charge < -0.3 is 15.0 Å². The second-order valence-corrected chi connectivity index (χ2v) is 6.72. The van der Waals surface area contributed by atoms with Crippen molar-refractivity contribution in [3.8, 4) is 0 Å². The number of para-hydroxylation sites is 1. The quantitative estimate of drug-likeness (QED) is 0.842. The van der Waals surface area contributed by atoms with Crippen LogP contribution in [-0.4, -0.2) is 36.1 Å². The van der Waals surface area contributed by atoms with Crippen molar-refractivity contribution < 1.29 is 22.7 Å². The molecule has 7 heteroatoms. The van der Waals surface area contributed by atoms with Gasteiger partial charge in [-0.3, -0.25) is 4.79 Å². The number of carbonyl (C=O) groups excluding carboxylic acids is 1. The van der Waals surface area contributed by atoms with Crippen molar-refractivity contribution in [1.82, 2.24) is 4.90 Å². The fourth-order valence-corrected chi connectivity index (χ4v) is 3.22. The SMILES string of the molecule is CC1CN(C(=O)c2ccccc2Nc2cccc(C(F)(F)F)c2)CC(C)O1. The van der Waals surface area contributed by atoms with Crippen LogP contribution in [0.3, 0.4) is 0 Å². The molecule has 1 heterocycles. The van der Waals surface area contributed by atoms with Crippen LogP contribution >= 0.6 is 0 Å². The molecule has 0 aromatic heterocycles. The van der Waals surface area contributed by atoms with E-state index in [0.717, 1.165) is 12.1 Å². The minimum atomic E-state index is -4.42. The van der Waals surface area contributed by atoms with Gasteiger partial charge >= 0.3 is 6.18 Å². The summed E-state index contributed by atoms with van der Waals surface area (Å²) in [5, 5.41) is 2.95. The Balaban J connectivity index is 1.85. The first kappa shape index (κ1) is 19.2. The van der Waals surface area contributed by atoms with Gasteiger partial charge in [-0.1, -0.05) is 18.2 Å². The molecule has 1 N–H and O–H groups in total. The molecule has 1 amide bonds. The molecule has 1 saturated heterocycles. The van der Waals surface area contributed by atoms with E-state index in [-0.39, 0.29) is 23.8 Å². The Bertz CT molecular complexity index is 813. The number of morpholine rings is 1. The molecular weight excluding hydrogens is 357 g/mol. The second kappa shape index (κ2) is 7.60. The van der Waals surface area contributed by atoms with Crippen molar-refractivity contribution in [3.63, 3.8) is 0 Å². The molecule has 2 unspecified atom stereocenters. The highest BCUT2D eigenvalue weighted by Gasteiger charge is 2.31. The lowest BCUT2D eigenvalue weighted by Gasteiger charge is -2.35. The highest BCUT2D eigenvalue weighted by molar-refractivity contribution is 6.00. The van der Waals surface area contributed by atoms with Crippen molar-refractivity contribution in [2.45, 2.75) is 32.2 Å². The molecule has 0 saturated carbocycles. The Morgan fingerprint density at radius 3 is 2.41 bits per heavy atom. The van der Waals surface area contributed by atoms with Crippen molar-refractivity contribution in [2.75, 3.05) is 18.4 Å². The molecule has 2 aromatic rings. The molecule has 27 heavy (non-hydrogen) atoms. The van der Waals surface area contributed by atoms with Gasteiger partial charge in [0.05, 0.1) is 29.0 Å². The number of ether oxygens (including phenoxy) is 1. The number of hydrogen-bond acceptors (Lipinski definition) is 3. The maximum absolute atomic E-state index is 13.0. The lowest BCUT2D eigenvalue weighted by molar-refractivity contribution is -0.137. The summed E-state index contributed by atoms with van der Waals surface area (Å²) in [5.41, 5.74) is 0.408. The van der Waals surface area contributed by atoms with Crippen LogP contribution in [0.5, 0.6) is 0 Å². The Morgan fingerprint density at radius 1 is 1.07 bits per heavy atom. The lowest BCUT2D eigenvalue weighted by Crippen LogP contribution is -2.48. The summed E-state index contributed by atoms with van der Waals surface area (Å²) in [6.07, 6.45) is -4.56. The van der Waals surface area contributed by atoms with Gasteiger partial charge in [-0.25, -0.2) is 0 Å². The van der Waals surface area contributed by atoms with Crippen LogP contribution in [0.2, 0.25) is 0 Å². The van der Waals surface area contributed by atoms with E-state index in [0.29, 0.717) is 24.3 Å². The topological polar surface area (TPSA) is 41.6 Å². The number of carbonyl (C=O) groups is 1. The number of rotatable bonds is 3. The van der Waals surface area contributed by atoms with E-state index in [1.807, 2.05) is 13.8 Å². The minimum absolute atomic E-state index is 0.0683. The zero-order chi connectivity index (χ0) is 19.6. The van der Waals surface area contributed by atoms with Crippen LogP contribution in [0.4, 0.5) is 24.5 Å². The van der Waals surface area contributed by atoms with Crippen molar-refractivity contribution in [1.29, 1.82) is 0 Å².